The fraction of sp³-hybridized carbons (Fsp3) is 0.240. The molecule has 2 heterocycles. The highest BCUT2D eigenvalue weighted by Gasteiger charge is 2.35. The van der Waals surface area contributed by atoms with E-state index in [4.69, 9.17) is 10.7 Å². The number of fused-ring (bicyclic) bond motifs is 3. The smallest absolute Gasteiger partial charge is 0.0908 e. The summed E-state index contributed by atoms with van der Waals surface area (Å²) in [6.07, 6.45) is 7.85. The predicted molar refractivity (Wildman–Crippen MR) is 117 cm³/mol. The Morgan fingerprint density at radius 2 is 1.90 bits per heavy atom. The van der Waals surface area contributed by atoms with Crippen molar-refractivity contribution in [2.75, 3.05) is 0 Å². The number of nitrogens with zero attached hydrogens (tertiary/aromatic N) is 2. The molecular formula is C25H24N4. The second-order valence-corrected chi connectivity index (χ2v) is 7.45. The van der Waals surface area contributed by atoms with E-state index in [0.29, 0.717) is 0 Å². The highest BCUT2D eigenvalue weighted by Crippen LogP contribution is 2.40. The second-order valence-electron chi connectivity index (χ2n) is 7.45. The summed E-state index contributed by atoms with van der Waals surface area (Å²) < 4.78 is 0. The minimum absolute atomic E-state index is 0.153. The number of H-pyrrole nitrogens is 1. The SMILES string of the molecule is N#C/C=C/C[C@H]1c2[nH]c3ccccc3c2C[C@H](CC=C=N)N1Cc1ccccc1. The summed E-state index contributed by atoms with van der Waals surface area (Å²) in [6.45, 7) is 0.831. The summed E-state index contributed by atoms with van der Waals surface area (Å²) in [5, 5.41) is 17.6. The van der Waals surface area contributed by atoms with E-state index < -0.39 is 0 Å². The summed E-state index contributed by atoms with van der Waals surface area (Å²) in [4.78, 5) is 6.18. The molecule has 0 bridgehead atoms. The molecule has 4 heteroatoms. The van der Waals surface area contributed by atoms with Crippen LogP contribution in [-0.4, -0.2) is 21.8 Å². The highest BCUT2D eigenvalue weighted by atomic mass is 15.2. The van der Waals surface area contributed by atoms with Gasteiger partial charge in [0.05, 0.1) is 12.1 Å². The lowest BCUT2D eigenvalue weighted by molar-refractivity contribution is 0.108. The molecule has 4 nitrogen and oxygen atoms in total. The largest absolute Gasteiger partial charge is 0.357 e. The second kappa shape index (κ2) is 8.75. The highest BCUT2D eigenvalue weighted by molar-refractivity contribution is 5.85. The van der Waals surface area contributed by atoms with Crippen LogP contribution in [0.15, 0.2) is 72.8 Å². The summed E-state index contributed by atoms with van der Waals surface area (Å²) in [7, 11) is 0. The average Bonchev–Trinajstić information content (AvgIpc) is 3.13. The molecular weight excluding hydrogens is 356 g/mol. The normalized spacial score (nSPS) is 19.0. The summed E-state index contributed by atoms with van der Waals surface area (Å²) >= 11 is 0. The topological polar surface area (TPSA) is 66.7 Å². The van der Waals surface area contributed by atoms with E-state index in [9.17, 15) is 0 Å². The molecule has 1 aliphatic rings. The first-order valence-corrected chi connectivity index (χ1v) is 9.99. The van der Waals surface area contributed by atoms with E-state index in [1.54, 1.807) is 6.08 Å². The van der Waals surface area contributed by atoms with Gasteiger partial charge in [-0.25, -0.2) is 0 Å². The fourth-order valence-electron chi connectivity index (χ4n) is 4.45. The van der Waals surface area contributed by atoms with Crippen LogP contribution in [0.1, 0.15) is 35.7 Å². The van der Waals surface area contributed by atoms with Gasteiger partial charge in [0.15, 0.2) is 0 Å². The minimum atomic E-state index is 0.153. The Bertz CT molecular complexity index is 1100. The molecule has 2 atom stereocenters. The monoisotopic (exact) mass is 380 g/mol. The van der Waals surface area contributed by atoms with Crippen LogP contribution in [0.5, 0.6) is 0 Å². The molecule has 0 radical (unpaired) electrons. The lowest BCUT2D eigenvalue weighted by atomic mass is 9.88. The van der Waals surface area contributed by atoms with Crippen molar-refractivity contribution in [1.29, 1.82) is 10.7 Å². The van der Waals surface area contributed by atoms with Gasteiger partial charge >= 0.3 is 0 Å². The number of rotatable bonds is 6. The van der Waals surface area contributed by atoms with Crippen molar-refractivity contribution in [3.63, 3.8) is 0 Å². The standard InChI is InChI=1S/C25H24N4/c26-15-7-6-14-24-25-22(21-12-4-5-13-23(21)28-25)17-20(11-8-16-27)29(24)18-19-9-2-1-3-10-19/h1-10,12-13,20,24,27-28H,11,14,17-18H2/b7-6+/t20-,24-/m0/s1. The van der Waals surface area contributed by atoms with E-state index >= 15 is 0 Å². The Morgan fingerprint density at radius 1 is 1.10 bits per heavy atom. The lowest BCUT2D eigenvalue weighted by Crippen LogP contribution is -2.43. The van der Waals surface area contributed by atoms with Gasteiger partial charge in [-0.3, -0.25) is 10.3 Å². The molecule has 1 aromatic heterocycles. The molecule has 144 valence electrons. The number of benzene rings is 2. The van der Waals surface area contributed by atoms with Crippen LogP contribution in [0.25, 0.3) is 10.9 Å². The van der Waals surface area contributed by atoms with Gasteiger partial charge in [0, 0.05) is 35.3 Å². The summed E-state index contributed by atoms with van der Waals surface area (Å²) in [5.74, 6) is 2.45. The first kappa shape index (κ1) is 19.0. The maximum atomic E-state index is 8.98. The summed E-state index contributed by atoms with van der Waals surface area (Å²) in [5.41, 5.74) is 5.04. The van der Waals surface area contributed by atoms with Gasteiger partial charge in [0.2, 0.25) is 0 Å². The van der Waals surface area contributed by atoms with Crippen LogP contribution in [-0.2, 0) is 13.0 Å². The van der Waals surface area contributed by atoms with Crippen molar-refractivity contribution in [2.45, 2.75) is 37.9 Å². The van der Waals surface area contributed by atoms with Gasteiger partial charge in [-0.15, -0.1) is 0 Å². The first-order chi connectivity index (χ1) is 14.3. The molecule has 2 aromatic carbocycles. The zero-order valence-electron chi connectivity index (χ0n) is 16.3. The van der Waals surface area contributed by atoms with Gasteiger partial charge in [0.1, 0.15) is 0 Å². The van der Waals surface area contributed by atoms with Crippen molar-refractivity contribution in [3.8, 4) is 6.07 Å². The fourth-order valence-corrected chi connectivity index (χ4v) is 4.45. The van der Waals surface area contributed by atoms with Gasteiger partial charge in [-0.2, -0.15) is 5.26 Å². The number of aromatic amines is 1. The minimum Gasteiger partial charge on any atom is -0.357 e. The molecule has 3 aromatic rings. The Labute approximate surface area is 171 Å². The molecule has 0 spiro atoms. The van der Waals surface area contributed by atoms with E-state index in [2.05, 4.69) is 70.4 Å². The lowest BCUT2D eigenvalue weighted by Gasteiger charge is -2.41. The van der Waals surface area contributed by atoms with Crippen LogP contribution in [0, 0.1) is 16.7 Å². The Balaban J connectivity index is 1.80. The third kappa shape index (κ3) is 3.93. The number of hydrogen-bond donors (Lipinski definition) is 2. The van der Waals surface area contributed by atoms with Crippen LogP contribution < -0.4 is 0 Å². The molecule has 0 saturated carbocycles. The van der Waals surface area contributed by atoms with Crippen molar-refractivity contribution in [2.24, 2.45) is 0 Å². The van der Waals surface area contributed by atoms with Crippen LogP contribution in [0.2, 0.25) is 0 Å². The zero-order chi connectivity index (χ0) is 20.1. The number of para-hydroxylation sites is 1. The van der Waals surface area contributed by atoms with Gasteiger partial charge in [0.25, 0.3) is 0 Å². The van der Waals surface area contributed by atoms with E-state index in [1.165, 1.54) is 22.2 Å². The Hall–Kier alpha value is -3.38. The number of allylic oxidation sites excluding steroid dienone is 1. The van der Waals surface area contributed by atoms with E-state index in [1.807, 2.05) is 18.2 Å². The molecule has 4 rings (SSSR count). The third-order valence-corrected chi connectivity index (χ3v) is 5.74. The molecule has 0 saturated heterocycles. The van der Waals surface area contributed by atoms with Gasteiger partial charge in [-0.05, 0) is 48.4 Å². The molecule has 0 aliphatic carbocycles. The quantitative estimate of drug-likeness (QED) is 0.450. The van der Waals surface area contributed by atoms with Crippen molar-refractivity contribution in [3.05, 3.63) is 89.6 Å². The van der Waals surface area contributed by atoms with Crippen LogP contribution >= 0.6 is 0 Å². The average molecular weight is 380 g/mol. The molecule has 0 amide bonds. The molecule has 0 fully saturated rings. The molecule has 2 N–H and O–H groups in total. The van der Waals surface area contributed by atoms with Crippen molar-refractivity contribution in [1.82, 2.24) is 9.88 Å². The Morgan fingerprint density at radius 3 is 2.69 bits per heavy atom. The zero-order valence-corrected chi connectivity index (χ0v) is 16.3. The first-order valence-electron chi connectivity index (χ1n) is 9.99. The molecule has 1 aliphatic heterocycles. The van der Waals surface area contributed by atoms with Crippen LogP contribution in [0.3, 0.4) is 0 Å². The number of nitriles is 1. The molecule has 29 heavy (non-hydrogen) atoms. The maximum Gasteiger partial charge on any atom is 0.0908 e. The number of nitrogens with one attached hydrogen (secondary N) is 2. The predicted octanol–water partition coefficient (Wildman–Crippen LogP) is 5.30. The molecule has 0 unspecified atom stereocenters. The van der Waals surface area contributed by atoms with Gasteiger partial charge < -0.3 is 4.98 Å². The van der Waals surface area contributed by atoms with E-state index in [0.717, 1.165) is 31.3 Å². The van der Waals surface area contributed by atoms with E-state index in [-0.39, 0.29) is 12.1 Å². The summed E-state index contributed by atoms with van der Waals surface area (Å²) in [6, 6.07) is 21.5. The van der Waals surface area contributed by atoms with Crippen molar-refractivity contribution < 1.29 is 0 Å². The number of hydrogen-bond acceptors (Lipinski definition) is 3. The van der Waals surface area contributed by atoms with Crippen molar-refractivity contribution >= 4 is 16.8 Å². The maximum absolute atomic E-state index is 8.98. The third-order valence-electron chi connectivity index (χ3n) is 5.74. The Kier molecular flexibility index (Phi) is 5.72. The number of aromatic nitrogens is 1. The van der Waals surface area contributed by atoms with Crippen LogP contribution in [0.4, 0.5) is 0 Å². The van der Waals surface area contributed by atoms with Gasteiger partial charge in [-0.1, -0.05) is 54.6 Å².